The van der Waals surface area contributed by atoms with E-state index in [1.807, 2.05) is 30.3 Å². The smallest absolute Gasteiger partial charge is 0.0855 e. The first kappa shape index (κ1) is 9.79. The Balaban J connectivity index is 2.26. The molecule has 1 heterocycles. The molecule has 0 bridgehead atoms. The van der Waals surface area contributed by atoms with Gasteiger partial charge in [0.05, 0.1) is 10.8 Å². The molecule has 1 atom stereocenters. The van der Waals surface area contributed by atoms with Gasteiger partial charge in [-0.1, -0.05) is 30.3 Å². The highest BCUT2D eigenvalue weighted by atomic mass is 32.2. The Labute approximate surface area is 97.6 Å². The van der Waals surface area contributed by atoms with Crippen LogP contribution in [0.5, 0.6) is 0 Å². The summed E-state index contributed by atoms with van der Waals surface area (Å²) in [6.45, 7) is 2.09. The zero-order chi connectivity index (χ0) is 11.1. The molecule has 1 aliphatic heterocycles. The van der Waals surface area contributed by atoms with E-state index in [2.05, 4.69) is 19.1 Å². The van der Waals surface area contributed by atoms with Crippen LogP contribution in [0.3, 0.4) is 0 Å². The molecule has 0 aliphatic carbocycles. The van der Waals surface area contributed by atoms with Crippen molar-refractivity contribution in [2.75, 3.05) is 0 Å². The molecule has 2 aromatic carbocycles. The molecule has 0 fully saturated rings. The van der Waals surface area contributed by atoms with E-state index in [0.29, 0.717) is 0 Å². The second-order valence-electron chi connectivity index (χ2n) is 4.10. The number of rotatable bonds is 0. The molecule has 0 amide bonds. The minimum Gasteiger partial charge on any atom is -0.249 e. The van der Waals surface area contributed by atoms with E-state index in [4.69, 9.17) is 0 Å². The molecule has 3 rings (SSSR count). The maximum absolute atomic E-state index is 12.4. The van der Waals surface area contributed by atoms with Gasteiger partial charge in [-0.3, -0.25) is 0 Å². The van der Waals surface area contributed by atoms with E-state index in [9.17, 15) is 4.21 Å². The predicted octanol–water partition coefficient (Wildman–Crippen LogP) is 3.07. The van der Waals surface area contributed by atoms with Crippen LogP contribution >= 0.6 is 0 Å². The summed E-state index contributed by atoms with van der Waals surface area (Å²) in [5.74, 6) is 0. The lowest BCUT2D eigenvalue weighted by atomic mass is 10.00. The van der Waals surface area contributed by atoms with Crippen LogP contribution in [0, 0.1) is 6.92 Å². The first-order valence-corrected chi connectivity index (χ1v) is 6.50. The van der Waals surface area contributed by atoms with Crippen molar-refractivity contribution in [3.63, 3.8) is 0 Å². The van der Waals surface area contributed by atoms with Crippen LogP contribution in [-0.2, 0) is 17.2 Å². The van der Waals surface area contributed by atoms with Gasteiger partial charge in [-0.2, -0.15) is 0 Å². The highest BCUT2D eigenvalue weighted by Gasteiger charge is 2.22. The molecular weight excluding hydrogens is 216 g/mol. The summed E-state index contributed by atoms with van der Waals surface area (Å²) in [5.41, 5.74) is 3.67. The maximum Gasteiger partial charge on any atom is 0.0855 e. The monoisotopic (exact) mass is 228 g/mol. The van der Waals surface area contributed by atoms with Gasteiger partial charge in [0, 0.05) is 16.2 Å². The molecule has 0 radical (unpaired) electrons. The largest absolute Gasteiger partial charge is 0.249 e. The van der Waals surface area contributed by atoms with Gasteiger partial charge >= 0.3 is 0 Å². The third kappa shape index (κ3) is 1.34. The second-order valence-corrected chi connectivity index (χ2v) is 5.52. The zero-order valence-electron chi connectivity index (χ0n) is 9.07. The molecular formula is C14H12OS. The van der Waals surface area contributed by atoms with Gasteiger partial charge in [-0.25, -0.2) is 4.21 Å². The van der Waals surface area contributed by atoms with Gasteiger partial charge in [-0.05, 0) is 35.7 Å². The summed E-state index contributed by atoms with van der Waals surface area (Å²) in [6.07, 6.45) is 0.907. The van der Waals surface area contributed by atoms with E-state index in [1.165, 1.54) is 16.7 Å². The molecule has 2 aromatic rings. The van der Waals surface area contributed by atoms with Crippen molar-refractivity contribution in [3.8, 4) is 0 Å². The molecule has 0 aromatic heterocycles. The number of fused-ring (bicyclic) bond motifs is 2. The van der Waals surface area contributed by atoms with E-state index < -0.39 is 10.8 Å². The summed E-state index contributed by atoms with van der Waals surface area (Å²) in [4.78, 5) is 1.96. The van der Waals surface area contributed by atoms with Crippen molar-refractivity contribution in [2.24, 2.45) is 0 Å². The van der Waals surface area contributed by atoms with Crippen molar-refractivity contribution in [2.45, 2.75) is 23.1 Å². The summed E-state index contributed by atoms with van der Waals surface area (Å²) in [7, 11) is -1.00. The van der Waals surface area contributed by atoms with Gasteiger partial charge in [-0.15, -0.1) is 0 Å². The van der Waals surface area contributed by atoms with E-state index in [-0.39, 0.29) is 0 Å². The minimum absolute atomic E-state index is 0.907. The Bertz CT molecular complexity index is 587. The average molecular weight is 228 g/mol. The molecule has 0 spiro atoms. The topological polar surface area (TPSA) is 17.1 Å². The molecule has 80 valence electrons. The van der Waals surface area contributed by atoms with Crippen molar-refractivity contribution < 1.29 is 4.21 Å². The molecule has 0 N–H and O–H groups in total. The van der Waals surface area contributed by atoms with Crippen LogP contribution in [0.4, 0.5) is 0 Å². The molecule has 1 aliphatic rings. The molecule has 1 unspecified atom stereocenters. The molecule has 1 nitrogen and oxygen atoms in total. The highest BCUT2D eigenvalue weighted by Crippen LogP contribution is 2.32. The van der Waals surface area contributed by atoms with Gasteiger partial charge in [0.25, 0.3) is 0 Å². The lowest BCUT2D eigenvalue weighted by molar-refractivity contribution is 0.679. The van der Waals surface area contributed by atoms with E-state index in [0.717, 1.165) is 16.2 Å². The fraction of sp³-hybridized carbons (Fsp3) is 0.143. The first-order valence-electron chi connectivity index (χ1n) is 5.35. The number of hydrogen-bond donors (Lipinski definition) is 0. The summed E-state index contributed by atoms with van der Waals surface area (Å²) >= 11 is 0. The van der Waals surface area contributed by atoms with Crippen molar-refractivity contribution >= 4 is 10.8 Å². The summed E-state index contributed by atoms with van der Waals surface area (Å²) < 4.78 is 12.4. The quantitative estimate of drug-likeness (QED) is 0.578. The minimum atomic E-state index is -1.00. The highest BCUT2D eigenvalue weighted by molar-refractivity contribution is 7.85. The van der Waals surface area contributed by atoms with Crippen LogP contribution in [0.25, 0.3) is 0 Å². The first-order chi connectivity index (χ1) is 7.77. The lowest BCUT2D eigenvalue weighted by Crippen LogP contribution is -2.10. The molecule has 0 saturated carbocycles. The Morgan fingerprint density at radius 3 is 2.62 bits per heavy atom. The Morgan fingerprint density at radius 2 is 1.75 bits per heavy atom. The Kier molecular flexibility index (Phi) is 2.18. The Morgan fingerprint density at radius 1 is 1.00 bits per heavy atom. The van der Waals surface area contributed by atoms with Crippen molar-refractivity contribution in [3.05, 3.63) is 59.2 Å². The molecule has 0 saturated heterocycles. The molecule has 2 heteroatoms. The van der Waals surface area contributed by atoms with Crippen LogP contribution in [0.15, 0.2) is 52.3 Å². The van der Waals surface area contributed by atoms with Crippen LogP contribution < -0.4 is 0 Å². The van der Waals surface area contributed by atoms with Gasteiger partial charge in [0.2, 0.25) is 0 Å². The van der Waals surface area contributed by atoms with Gasteiger partial charge in [0.1, 0.15) is 0 Å². The van der Waals surface area contributed by atoms with Gasteiger partial charge < -0.3 is 0 Å². The SMILES string of the molecule is Cc1cccc2c1Cc1ccccc1S2=O. The van der Waals surface area contributed by atoms with Crippen LogP contribution in [0.1, 0.15) is 16.7 Å². The van der Waals surface area contributed by atoms with Crippen molar-refractivity contribution in [1.29, 1.82) is 0 Å². The maximum atomic E-state index is 12.4. The molecule has 16 heavy (non-hydrogen) atoms. The van der Waals surface area contributed by atoms with E-state index in [1.54, 1.807) is 0 Å². The van der Waals surface area contributed by atoms with Gasteiger partial charge in [0.15, 0.2) is 0 Å². The standard InChI is InChI=1S/C14H12OS/c1-10-5-4-8-14-12(10)9-11-6-2-3-7-13(11)16(14)15/h2-8H,9H2,1H3. The zero-order valence-corrected chi connectivity index (χ0v) is 9.88. The summed E-state index contributed by atoms with van der Waals surface area (Å²) in [5, 5.41) is 0. The summed E-state index contributed by atoms with van der Waals surface area (Å²) in [6, 6.07) is 14.1. The fourth-order valence-corrected chi connectivity index (χ4v) is 3.69. The number of aryl methyl sites for hydroxylation is 1. The Hall–Kier alpha value is -1.41. The third-order valence-electron chi connectivity index (χ3n) is 3.11. The van der Waals surface area contributed by atoms with Crippen LogP contribution in [0.2, 0.25) is 0 Å². The normalized spacial score (nSPS) is 17.7. The third-order valence-corrected chi connectivity index (χ3v) is 4.69. The van der Waals surface area contributed by atoms with Crippen LogP contribution in [-0.4, -0.2) is 4.21 Å². The second kappa shape index (κ2) is 3.56. The fourth-order valence-electron chi connectivity index (χ4n) is 2.22. The number of hydrogen-bond acceptors (Lipinski definition) is 1. The van der Waals surface area contributed by atoms with Crippen molar-refractivity contribution in [1.82, 2.24) is 0 Å². The number of benzene rings is 2. The lowest BCUT2D eigenvalue weighted by Gasteiger charge is -2.20. The van der Waals surface area contributed by atoms with E-state index >= 15 is 0 Å². The average Bonchev–Trinajstić information content (AvgIpc) is 2.31. The predicted molar refractivity (Wildman–Crippen MR) is 65.1 cm³/mol.